The number of fused-ring (bicyclic) bond motifs is 1. The molecule has 2 amide bonds. The molecule has 0 spiro atoms. The number of carbonyl (C=O) groups excluding carboxylic acids is 2. The zero-order chi connectivity index (χ0) is 23.2. The van der Waals surface area contributed by atoms with Crippen LogP contribution in [0.1, 0.15) is 34.3 Å². The number of ether oxygens (including phenoxy) is 1. The third kappa shape index (κ3) is 5.06. The van der Waals surface area contributed by atoms with Gasteiger partial charge in [0.15, 0.2) is 0 Å². The first-order chi connectivity index (χ1) is 16.1. The van der Waals surface area contributed by atoms with E-state index in [1.165, 1.54) is 0 Å². The number of carbonyl (C=O) groups is 2. The van der Waals surface area contributed by atoms with Crippen molar-refractivity contribution in [3.63, 3.8) is 0 Å². The fraction of sp³-hybridized carbons (Fsp3) is 0.185. The van der Waals surface area contributed by atoms with Crippen molar-refractivity contribution in [2.24, 2.45) is 0 Å². The quantitative estimate of drug-likeness (QED) is 0.382. The van der Waals surface area contributed by atoms with E-state index in [1.807, 2.05) is 54.7 Å². The maximum atomic E-state index is 12.8. The van der Waals surface area contributed by atoms with E-state index in [9.17, 15) is 9.59 Å². The van der Waals surface area contributed by atoms with Gasteiger partial charge in [0.25, 0.3) is 5.91 Å². The van der Waals surface area contributed by atoms with Gasteiger partial charge in [0.1, 0.15) is 11.8 Å². The van der Waals surface area contributed by atoms with E-state index in [0.717, 1.165) is 27.8 Å². The Labute approximate surface area is 193 Å². The molecule has 0 aliphatic rings. The largest absolute Gasteiger partial charge is 0.497 e. The van der Waals surface area contributed by atoms with E-state index < -0.39 is 6.04 Å². The second kappa shape index (κ2) is 10.0. The molecule has 0 aliphatic heterocycles. The summed E-state index contributed by atoms with van der Waals surface area (Å²) < 4.78 is 5.30. The first-order valence-electron chi connectivity index (χ1n) is 10.9. The monoisotopic (exact) mass is 441 g/mol. The average molecular weight is 442 g/mol. The maximum Gasteiger partial charge on any atom is 0.251 e. The predicted octanol–water partition coefficient (Wildman–Crippen LogP) is 4.24. The number of para-hydroxylation sites is 1. The summed E-state index contributed by atoms with van der Waals surface area (Å²) in [5, 5.41) is 6.90. The van der Waals surface area contributed by atoms with E-state index in [1.54, 1.807) is 38.3 Å². The van der Waals surface area contributed by atoms with Crippen molar-refractivity contribution in [3.8, 4) is 5.75 Å². The van der Waals surface area contributed by atoms with Crippen LogP contribution in [0.5, 0.6) is 5.75 Å². The van der Waals surface area contributed by atoms with Crippen LogP contribution in [-0.2, 0) is 4.79 Å². The summed E-state index contributed by atoms with van der Waals surface area (Å²) in [5.74, 6) is 0.185. The first kappa shape index (κ1) is 22.1. The summed E-state index contributed by atoms with van der Waals surface area (Å²) in [6, 6.07) is 24.2. The lowest BCUT2D eigenvalue weighted by molar-refractivity contribution is -0.122. The second-order valence-corrected chi connectivity index (χ2v) is 7.92. The minimum Gasteiger partial charge on any atom is -0.497 e. The van der Waals surface area contributed by atoms with Gasteiger partial charge in [-0.25, -0.2) is 0 Å². The number of benzene rings is 3. The third-order valence-electron chi connectivity index (χ3n) is 5.77. The molecule has 4 aromatic rings. The Morgan fingerprint density at radius 3 is 2.36 bits per heavy atom. The molecule has 0 fully saturated rings. The summed E-state index contributed by atoms with van der Waals surface area (Å²) in [6.45, 7) is 2.07. The molecule has 168 valence electrons. The average Bonchev–Trinajstić information content (AvgIpc) is 3.29. The van der Waals surface area contributed by atoms with Crippen molar-refractivity contribution in [3.05, 3.63) is 102 Å². The summed E-state index contributed by atoms with van der Waals surface area (Å²) in [4.78, 5) is 28.6. The Kier molecular flexibility index (Phi) is 6.74. The molecule has 33 heavy (non-hydrogen) atoms. The van der Waals surface area contributed by atoms with Gasteiger partial charge in [-0.3, -0.25) is 9.59 Å². The summed E-state index contributed by atoms with van der Waals surface area (Å²) in [7, 11) is 1.64. The van der Waals surface area contributed by atoms with Crippen LogP contribution in [0.25, 0.3) is 10.9 Å². The number of aromatic amines is 1. The topological polar surface area (TPSA) is 83.2 Å². The van der Waals surface area contributed by atoms with E-state index in [2.05, 4.69) is 21.7 Å². The fourth-order valence-corrected chi connectivity index (χ4v) is 3.92. The molecule has 3 N–H and O–H groups in total. The van der Waals surface area contributed by atoms with Crippen molar-refractivity contribution in [1.29, 1.82) is 0 Å². The van der Waals surface area contributed by atoms with E-state index in [0.29, 0.717) is 12.1 Å². The lowest BCUT2D eigenvalue weighted by Gasteiger charge is -2.20. The van der Waals surface area contributed by atoms with Crippen molar-refractivity contribution in [2.45, 2.75) is 18.9 Å². The van der Waals surface area contributed by atoms with Crippen LogP contribution in [0.2, 0.25) is 0 Å². The van der Waals surface area contributed by atoms with E-state index >= 15 is 0 Å². The Hall–Kier alpha value is -4.06. The third-order valence-corrected chi connectivity index (χ3v) is 5.77. The Balaban J connectivity index is 1.51. The number of amides is 2. The summed E-state index contributed by atoms with van der Waals surface area (Å²) >= 11 is 0. The fourth-order valence-electron chi connectivity index (χ4n) is 3.92. The van der Waals surface area contributed by atoms with Gasteiger partial charge in [-0.2, -0.15) is 0 Å². The van der Waals surface area contributed by atoms with Crippen LogP contribution in [-0.4, -0.2) is 36.5 Å². The molecule has 6 heteroatoms. The van der Waals surface area contributed by atoms with Crippen LogP contribution in [0.15, 0.2) is 85.1 Å². The van der Waals surface area contributed by atoms with Gasteiger partial charge in [-0.15, -0.1) is 0 Å². The van der Waals surface area contributed by atoms with Crippen LogP contribution in [0.4, 0.5) is 0 Å². The number of H-pyrrole nitrogens is 1. The summed E-state index contributed by atoms with van der Waals surface area (Å²) in [5.41, 5.74) is 3.71. The molecule has 0 saturated heterocycles. The molecule has 6 nitrogen and oxygen atoms in total. The number of nitrogens with one attached hydrogen (secondary N) is 3. The van der Waals surface area contributed by atoms with Gasteiger partial charge in [0.2, 0.25) is 5.91 Å². The van der Waals surface area contributed by atoms with Crippen LogP contribution in [0.3, 0.4) is 0 Å². The van der Waals surface area contributed by atoms with E-state index in [4.69, 9.17) is 4.74 Å². The minimum atomic E-state index is -0.669. The van der Waals surface area contributed by atoms with Crippen molar-refractivity contribution >= 4 is 22.7 Å². The molecule has 4 rings (SSSR count). The molecule has 0 radical (unpaired) electrons. The standard InChI is InChI=1S/C27H27N3O3/c1-18(30-27(32)20-8-4-3-5-9-20)26(31)29-16-23(19-12-14-21(33-2)15-13-19)24-17-28-25-11-7-6-10-22(24)25/h3-15,17-18,23,28H,16H2,1-2H3,(H,29,31)(H,30,32). The van der Waals surface area contributed by atoms with Gasteiger partial charge in [-0.05, 0) is 48.4 Å². The highest BCUT2D eigenvalue weighted by Crippen LogP contribution is 2.31. The van der Waals surface area contributed by atoms with Crippen LogP contribution < -0.4 is 15.4 Å². The number of hydrogen-bond donors (Lipinski definition) is 3. The maximum absolute atomic E-state index is 12.8. The smallest absolute Gasteiger partial charge is 0.251 e. The highest BCUT2D eigenvalue weighted by molar-refractivity contribution is 5.97. The molecule has 1 heterocycles. The number of hydrogen-bond acceptors (Lipinski definition) is 3. The van der Waals surface area contributed by atoms with Crippen LogP contribution >= 0.6 is 0 Å². The molecular weight excluding hydrogens is 414 g/mol. The molecule has 0 aliphatic carbocycles. The molecule has 3 aromatic carbocycles. The number of methoxy groups -OCH3 is 1. The van der Waals surface area contributed by atoms with Gasteiger partial charge in [0.05, 0.1) is 7.11 Å². The lowest BCUT2D eigenvalue weighted by atomic mass is 9.90. The number of rotatable bonds is 8. The zero-order valence-electron chi connectivity index (χ0n) is 18.7. The molecule has 1 aromatic heterocycles. The Morgan fingerprint density at radius 1 is 0.939 bits per heavy atom. The first-order valence-corrected chi connectivity index (χ1v) is 10.9. The predicted molar refractivity (Wildman–Crippen MR) is 130 cm³/mol. The van der Waals surface area contributed by atoms with Crippen molar-refractivity contribution < 1.29 is 14.3 Å². The van der Waals surface area contributed by atoms with Crippen LogP contribution in [0, 0.1) is 0 Å². The van der Waals surface area contributed by atoms with Crippen molar-refractivity contribution in [1.82, 2.24) is 15.6 Å². The van der Waals surface area contributed by atoms with E-state index in [-0.39, 0.29) is 17.7 Å². The van der Waals surface area contributed by atoms with Crippen molar-refractivity contribution in [2.75, 3.05) is 13.7 Å². The molecule has 0 saturated carbocycles. The normalized spacial score (nSPS) is 12.7. The molecule has 2 unspecified atom stereocenters. The SMILES string of the molecule is COc1ccc(C(CNC(=O)C(C)NC(=O)c2ccccc2)c2c[nH]c3ccccc23)cc1. The van der Waals surface area contributed by atoms with Gasteiger partial charge in [0, 0.05) is 35.1 Å². The Bertz CT molecular complexity index is 1230. The number of aromatic nitrogens is 1. The molecule has 0 bridgehead atoms. The zero-order valence-corrected chi connectivity index (χ0v) is 18.7. The van der Waals surface area contributed by atoms with Gasteiger partial charge >= 0.3 is 0 Å². The molecular formula is C27H27N3O3. The Morgan fingerprint density at radius 2 is 1.64 bits per heavy atom. The van der Waals surface area contributed by atoms with Gasteiger partial charge in [-0.1, -0.05) is 48.5 Å². The van der Waals surface area contributed by atoms with Gasteiger partial charge < -0.3 is 20.4 Å². The second-order valence-electron chi connectivity index (χ2n) is 7.92. The molecule has 2 atom stereocenters. The summed E-state index contributed by atoms with van der Waals surface area (Å²) in [6.07, 6.45) is 1.99. The highest BCUT2D eigenvalue weighted by Gasteiger charge is 2.22. The lowest BCUT2D eigenvalue weighted by Crippen LogP contribution is -2.45. The minimum absolute atomic E-state index is 0.0759. The highest BCUT2D eigenvalue weighted by atomic mass is 16.5.